The van der Waals surface area contributed by atoms with Gasteiger partial charge in [0.05, 0.1) is 0 Å². The van der Waals surface area contributed by atoms with E-state index in [1.165, 1.54) is 6.07 Å². The second-order valence-electron chi connectivity index (χ2n) is 2.64. The van der Waals surface area contributed by atoms with Crippen LogP contribution in [0.5, 0.6) is 0 Å². The molecule has 2 aromatic heterocycles. The largest absolute Gasteiger partial charge is 0.398 e. The number of rotatable bonds is 0. The molecule has 0 unspecified atom stereocenters. The van der Waals surface area contributed by atoms with E-state index in [9.17, 15) is 4.79 Å². The van der Waals surface area contributed by atoms with Crippen LogP contribution in [-0.2, 0) is 0 Å². The first-order chi connectivity index (χ1) is 6.16. The van der Waals surface area contributed by atoms with Gasteiger partial charge in [-0.05, 0) is 22.0 Å². The number of nitrogens with two attached hydrogens (primary N) is 1. The summed E-state index contributed by atoms with van der Waals surface area (Å²) < 4.78 is 0.832. The third kappa shape index (κ3) is 1.42. The fourth-order valence-corrected chi connectivity index (χ4v) is 1.46. The van der Waals surface area contributed by atoms with Crippen LogP contribution in [0.3, 0.4) is 0 Å². The van der Waals surface area contributed by atoms with E-state index in [1.54, 1.807) is 6.20 Å². The molecule has 0 atom stereocenters. The van der Waals surface area contributed by atoms with Gasteiger partial charge in [0.15, 0.2) is 0 Å². The number of fused-ring (bicyclic) bond motifs is 1. The van der Waals surface area contributed by atoms with Crippen LogP contribution in [0.2, 0.25) is 0 Å². The van der Waals surface area contributed by atoms with Gasteiger partial charge in [-0.2, -0.15) is 0 Å². The van der Waals surface area contributed by atoms with Gasteiger partial charge in [0.1, 0.15) is 5.65 Å². The summed E-state index contributed by atoms with van der Waals surface area (Å²) in [6.07, 6.45) is 1.61. The lowest BCUT2D eigenvalue weighted by atomic mass is 10.2. The van der Waals surface area contributed by atoms with E-state index in [-0.39, 0.29) is 5.56 Å². The molecule has 0 amide bonds. The van der Waals surface area contributed by atoms with Gasteiger partial charge < -0.3 is 10.7 Å². The molecule has 66 valence electrons. The Hall–Kier alpha value is -1.36. The number of anilines is 1. The van der Waals surface area contributed by atoms with Crippen molar-refractivity contribution in [2.45, 2.75) is 0 Å². The molecule has 0 saturated heterocycles. The predicted molar refractivity (Wildman–Crippen MR) is 54.5 cm³/mol. The lowest BCUT2D eigenvalue weighted by molar-refractivity contribution is 1.23. The van der Waals surface area contributed by atoms with E-state index < -0.39 is 0 Å². The van der Waals surface area contributed by atoms with Crippen molar-refractivity contribution in [3.05, 3.63) is 33.2 Å². The number of H-pyrrole nitrogens is 1. The summed E-state index contributed by atoms with van der Waals surface area (Å²) in [6, 6.07) is 3.16. The van der Waals surface area contributed by atoms with Crippen LogP contribution in [-0.4, -0.2) is 9.97 Å². The molecule has 2 rings (SSSR count). The number of pyridine rings is 2. The highest BCUT2D eigenvalue weighted by Gasteiger charge is 2.01. The van der Waals surface area contributed by atoms with Crippen LogP contribution in [0.1, 0.15) is 0 Å². The Labute approximate surface area is 81.9 Å². The van der Waals surface area contributed by atoms with E-state index in [2.05, 4.69) is 25.9 Å². The molecule has 2 aromatic rings. The number of nitrogens with one attached hydrogen (secondary N) is 1. The molecule has 5 heteroatoms. The second-order valence-corrected chi connectivity index (χ2v) is 3.55. The first kappa shape index (κ1) is 8.25. The number of hydrogen-bond acceptors (Lipinski definition) is 3. The van der Waals surface area contributed by atoms with Crippen LogP contribution in [0.25, 0.3) is 11.0 Å². The van der Waals surface area contributed by atoms with Crippen molar-refractivity contribution in [1.29, 1.82) is 0 Å². The van der Waals surface area contributed by atoms with Crippen LogP contribution in [0.15, 0.2) is 27.6 Å². The Morgan fingerprint density at radius 2 is 2.23 bits per heavy atom. The lowest BCUT2D eigenvalue weighted by Gasteiger charge is -1.99. The summed E-state index contributed by atoms with van der Waals surface area (Å²) >= 11 is 3.28. The summed E-state index contributed by atoms with van der Waals surface area (Å²) in [5.74, 6) is 0. The molecule has 0 aliphatic heterocycles. The van der Waals surface area contributed by atoms with Gasteiger partial charge in [0.25, 0.3) is 5.56 Å². The van der Waals surface area contributed by atoms with Crippen LogP contribution in [0.4, 0.5) is 5.69 Å². The first-order valence-corrected chi connectivity index (χ1v) is 4.40. The molecule has 2 heterocycles. The minimum atomic E-state index is -0.236. The number of nitrogens with zero attached hydrogens (tertiary/aromatic N) is 1. The van der Waals surface area contributed by atoms with Crippen LogP contribution < -0.4 is 11.3 Å². The van der Waals surface area contributed by atoms with Gasteiger partial charge in [-0.1, -0.05) is 0 Å². The fraction of sp³-hybridized carbons (Fsp3) is 0. The number of hydrogen-bond donors (Lipinski definition) is 2. The van der Waals surface area contributed by atoms with Gasteiger partial charge in [-0.25, -0.2) is 4.98 Å². The third-order valence-corrected chi connectivity index (χ3v) is 2.13. The van der Waals surface area contributed by atoms with Crippen molar-refractivity contribution in [3.8, 4) is 0 Å². The Morgan fingerprint density at radius 3 is 3.00 bits per heavy atom. The Balaban J connectivity index is 2.95. The zero-order chi connectivity index (χ0) is 9.42. The number of halogens is 1. The average Bonchev–Trinajstić information content (AvgIpc) is 2.06. The molecule has 0 bridgehead atoms. The molecule has 0 aliphatic carbocycles. The summed E-state index contributed by atoms with van der Waals surface area (Å²) in [7, 11) is 0. The third-order valence-electron chi connectivity index (χ3n) is 1.69. The summed E-state index contributed by atoms with van der Waals surface area (Å²) in [6.45, 7) is 0. The maximum atomic E-state index is 11.0. The Bertz CT molecular complexity index is 520. The first-order valence-electron chi connectivity index (χ1n) is 3.61. The molecular weight excluding hydrogens is 234 g/mol. The molecule has 0 fully saturated rings. The molecule has 0 saturated carbocycles. The number of aromatic amines is 1. The predicted octanol–water partition coefficient (Wildman–Crippen LogP) is 1.27. The van der Waals surface area contributed by atoms with Gasteiger partial charge in [0.2, 0.25) is 0 Å². The maximum absolute atomic E-state index is 11.0. The molecule has 0 spiro atoms. The minimum Gasteiger partial charge on any atom is -0.398 e. The number of aromatic nitrogens is 2. The average molecular weight is 240 g/mol. The highest BCUT2D eigenvalue weighted by atomic mass is 79.9. The van der Waals surface area contributed by atoms with Crippen molar-refractivity contribution < 1.29 is 0 Å². The lowest BCUT2D eigenvalue weighted by Crippen LogP contribution is -2.07. The summed E-state index contributed by atoms with van der Waals surface area (Å²) in [5.41, 5.74) is 6.35. The van der Waals surface area contributed by atoms with Gasteiger partial charge >= 0.3 is 0 Å². The smallest absolute Gasteiger partial charge is 0.251 e. The van der Waals surface area contributed by atoms with Crippen molar-refractivity contribution in [2.24, 2.45) is 0 Å². The van der Waals surface area contributed by atoms with Crippen LogP contribution >= 0.6 is 15.9 Å². The van der Waals surface area contributed by atoms with E-state index >= 15 is 0 Å². The van der Waals surface area contributed by atoms with Gasteiger partial charge in [-0.3, -0.25) is 4.79 Å². The van der Waals surface area contributed by atoms with Crippen molar-refractivity contribution in [1.82, 2.24) is 9.97 Å². The van der Waals surface area contributed by atoms with Crippen molar-refractivity contribution in [3.63, 3.8) is 0 Å². The maximum Gasteiger partial charge on any atom is 0.251 e. The fourth-order valence-electron chi connectivity index (χ4n) is 1.13. The molecule has 0 aliphatic rings. The summed E-state index contributed by atoms with van der Waals surface area (Å²) in [4.78, 5) is 17.6. The quantitative estimate of drug-likeness (QED) is 0.728. The van der Waals surface area contributed by atoms with Crippen molar-refractivity contribution >= 4 is 32.7 Å². The standard InChI is InChI=1S/C8H6BrN3O/c9-4-1-5-6(10)2-7(13)12-8(5)11-3-4/h1-3H,(H3,10,11,12,13). The minimum absolute atomic E-state index is 0.236. The van der Waals surface area contributed by atoms with E-state index in [1.807, 2.05) is 6.07 Å². The normalized spacial score (nSPS) is 10.5. The zero-order valence-corrected chi connectivity index (χ0v) is 8.13. The SMILES string of the molecule is Nc1cc(=O)[nH]c2ncc(Br)cc12. The Kier molecular flexibility index (Phi) is 1.81. The van der Waals surface area contributed by atoms with Crippen molar-refractivity contribution in [2.75, 3.05) is 5.73 Å². The van der Waals surface area contributed by atoms with E-state index in [0.717, 1.165) is 9.86 Å². The Morgan fingerprint density at radius 1 is 1.46 bits per heavy atom. The second kappa shape index (κ2) is 2.85. The van der Waals surface area contributed by atoms with Crippen LogP contribution in [0, 0.1) is 0 Å². The zero-order valence-electron chi connectivity index (χ0n) is 6.54. The van der Waals surface area contributed by atoms with E-state index in [4.69, 9.17) is 5.73 Å². The highest BCUT2D eigenvalue weighted by molar-refractivity contribution is 9.10. The molecular formula is C8H6BrN3O. The van der Waals surface area contributed by atoms with E-state index in [0.29, 0.717) is 11.3 Å². The topological polar surface area (TPSA) is 71.8 Å². The molecule has 0 aromatic carbocycles. The van der Waals surface area contributed by atoms with Gasteiger partial charge in [-0.15, -0.1) is 0 Å². The molecule has 13 heavy (non-hydrogen) atoms. The molecule has 3 N–H and O–H groups in total. The number of nitrogen functional groups attached to an aromatic ring is 1. The molecule has 0 radical (unpaired) electrons. The molecule has 4 nitrogen and oxygen atoms in total. The highest BCUT2D eigenvalue weighted by Crippen LogP contribution is 2.19. The monoisotopic (exact) mass is 239 g/mol. The summed E-state index contributed by atoms with van der Waals surface area (Å²) in [5, 5.41) is 0.744. The van der Waals surface area contributed by atoms with Gasteiger partial charge in [0, 0.05) is 27.8 Å².